The van der Waals surface area contributed by atoms with Crippen LogP contribution in [0.4, 0.5) is 4.39 Å². The molecule has 122 valence electrons. The van der Waals surface area contributed by atoms with Gasteiger partial charge in [0.05, 0.1) is 5.75 Å². The normalized spacial score (nSPS) is 23.2. The Kier molecular flexibility index (Phi) is 5.10. The minimum absolute atomic E-state index is 0.210. The third-order valence-electron chi connectivity index (χ3n) is 4.51. The fourth-order valence-corrected chi connectivity index (χ4v) is 6.25. The van der Waals surface area contributed by atoms with Crippen LogP contribution >= 0.6 is 11.8 Å². The number of nitrogens with one attached hydrogen (secondary N) is 1. The smallest absolute Gasteiger partial charge is 0.212 e. The van der Waals surface area contributed by atoms with E-state index in [2.05, 4.69) is 4.72 Å². The second kappa shape index (κ2) is 6.89. The molecule has 1 heterocycles. The van der Waals surface area contributed by atoms with Gasteiger partial charge in [0.1, 0.15) is 5.82 Å². The lowest BCUT2D eigenvalue weighted by molar-refractivity contribution is 0.383. The van der Waals surface area contributed by atoms with Crippen LogP contribution in [0.15, 0.2) is 23.1 Å². The summed E-state index contributed by atoms with van der Waals surface area (Å²) in [5, 5.41) is 0. The standard InChI is InChI=1S/C16H22FNO2S2/c17-13-6-7-16-14(10-13)15(8-9-21-16)18-22(19,20)11-12-4-2-1-3-5-12/h6-7,10,12,15,18H,1-5,8-9,11H2. The highest BCUT2D eigenvalue weighted by atomic mass is 32.2. The van der Waals surface area contributed by atoms with E-state index in [1.165, 1.54) is 18.6 Å². The summed E-state index contributed by atoms with van der Waals surface area (Å²) < 4.78 is 41.2. The van der Waals surface area contributed by atoms with Crippen LogP contribution in [0.2, 0.25) is 0 Å². The zero-order valence-electron chi connectivity index (χ0n) is 12.6. The molecule has 0 amide bonds. The maximum atomic E-state index is 13.5. The number of rotatable bonds is 4. The van der Waals surface area contributed by atoms with Crippen LogP contribution in [-0.4, -0.2) is 19.9 Å². The van der Waals surface area contributed by atoms with Crippen LogP contribution < -0.4 is 4.72 Å². The van der Waals surface area contributed by atoms with Gasteiger partial charge in [-0.15, -0.1) is 11.8 Å². The molecule has 0 spiro atoms. The Morgan fingerprint density at radius 2 is 1.95 bits per heavy atom. The molecule has 3 rings (SSSR count). The maximum absolute atomic E-state index is 13.5. The molecule has 1 unspecified atom stereocenters. The molecule has 0 radical (unpaired) electrons. The van der Waals surface area contributed by atoms with E-state index in [1.807, 2.05) is 0 Å². The third-order valence-corrected chi connectivity index (χ3v) is 7.19. The molecule has 1 aromatic rings. The van der Waals surface area contributed by atoms with Crippen molar-refractivity contribution in [3.63, 3.8) is 0 Å². The van der Waals surface area contributed by atoms with E-state index < -0.39 is 10.0 Å². The first-order chi connectivity index (χ1) is 10.5. The first kappa shape index (κ1) is 16.3. The van der Waals surface area contributed by atoms with E-state index >= 15 is 0 Å². The lowest BCUT2D eigenvalue weighted by Crippen LogP contribution is -2.35. The highest BCUT2D eigenvalue weighted by Crippen LogP contribution is 2.37. The Hall–Kier alpha value is -0.590. The van der Waals surface area contributed by atoms with Gasteiger partial charge in [-0.1, -0.05) is 19.3 Å². The van der Waals surface area contributed by atoms with Crippen molar-refractivity contribution in [1.29, 1.82) is 0 Å². The molecule has 1 aliphatic heterocycles. The maximum Gasteiger partial charge on any atom is 0.212 e. The van der Waals surface area contributed by atoms with Gasteiger partial charge in [-0.3, -0.25) is 0 Å². The van der Waals surface area contributed by atoms with Crippen molar-refractivity contribution in [2.45, 2.75) is 49.5 Å². The van der Waals surface area contributed by atoms with Crippen molar-refractivity contribution in [3.05, 3.63) is 29.6 Å². The van der Waals surface area contributed by atoms with E-state index in [9.17, 15) is 12.8 Å². The highest BCUT2D eigenvalue weighted by molar-refractivity contribution is 7.99. The topological polar surface area (TPSA) is 46.2 Å². The Balaban J connectivity index is 1.71. The number of halogens is 1. The number of hydrogen-bond acceptors (Lipinski definition) is 3. The van der Waals surface area contributed by atoms with Crippen molar-refractivity contribution < 1.29 is 12.8 Å². The molecule has 1 fully saturated rings. The van der Waals surface area contributed by atoms with Crippen LogP contribution in [0.5, 0.6) is 0 Å². The number of benzene rings is 1. The molecule has 0 bridgehead atoms. The Labute approximate surface area is 136 Å². The molecular weight excluding hydrogens is 321 g/mol. The summed E-state index contributed by atoms with van der Waals surface area (Å²) in [7, 11) is -3.32. The van der Waals surface area contributed by atoms with Gasteiger partial charge in [-0.2, -0.15) is 0 Å². The van der Waals surface area contributed by atoms with E-state index in [0.29, 0.717) is 6.42 Å². The average Bonchev–Trinajstić information content (AvgIpc) is 2.48. The van der Waals surface area contributed by atoms with E-state index in [-0.39, 0.29) is 23.5 Å². The van der Waals surface area contributed by atoms with Crippen molar-refractivity contribution in [2.24, 2.45) is 5.92 Å². The van der Waals surface area contributed by atoms with Gasteiger partial charge < -0.3 is 0 Å². The fraction of sp³-hybridized carbons (Fsp3) is 0.625. The summed E-state index contributed by atoms with van der Waals surface area (Å²) in [6.07, 6.45) is 6.21. The van der Waals surface area contributed by atoms with Crippen LogP contribution in [0.1, 0.15) is 50.1 Å². The first-order valence-electron chi connectivity index (χ1n) is 7.96. The zero-order chi connectivity index (χ0) is 15.6. The van der Waals surface area contributed by atoms with Crippen molar-refractivity contribution in [1.82, 2.24) is 4.72 Å². The van der Waals surface area contributed by atoms with Crippen LogP contribution in [-0.2, 0) is 10.0 Å². The second-order valence-electron chi connectivity index (χ2n) is 6.28. The van der Waals surface area contributed by atoms with Gasteiger partial charge in [0.25, 0.3) is 0 Å². The van der Waals surface area contributed by atoms with Crippen molar-refractivity contribution in [3.8, 4) is 0 Å². The Morgan fingerprint density at radius 3 is 2.73 bits per heavy atom. The SMILES string of the molecule is O=S(=O)(CC1CCCCC1)NC1CCSc2ccc(F)cc21. The quantitative estimate of drug-likeness (QED) is 0.903. The number of fused-ring (bicyclic) bond motifs is 1. The molecule has 1 aliphatic carbocycles. The number of hydrogen-bond donors (Lipinski definition) is 1. The van der Waals surface area contributed by atoms with Gasteiger partial charge in [0.15, 0.2) is 0 Å². The zero-order valence-corrected chi connectivity index (χ0v) is 14.2. The predicted molar refractivity (Wildman–Crippen MR) is 88.0 cm³/mol. The van der Waals surface area contributed by atoms with Gasteiger partial charge in [-0.25, -0.2) is 17.5 Å². The monoisotopic (exact) mass is 343 g/mol. The van der Waals surface area contributed by atoms with Crippen LogP contribution in [0.25, 0.3) is 0 Å². The summed E-state index contributed by atoms with van der Waals surface area (Å²) in [5.74, 6) is 1.03. The van der Waals surface area contributed by atoms with Crippen LogP contribution in [0, 0.1) is 11.7 Å². The molecule has 2 aliphatic rings. The van der Waals surface area contributed by atoms with Crippen molar-refractivity contribution in [2.75, 3.05) is 11.5 Å². The molecular formula is C16H22FNO2S2. The summed E-state index contributed by atoms with van der Waals surface area (Å²) in [6.45, 7) is 0. The fourth-order valence-electron chi connectivity index (χ4n) is 3.42. The van der Waals surface area contributed by atoms with Gasteiger partial charge >= 0.3 is 0 Å². The Morgan fingerprint density at radius 1 is 1.18 bits per heavy atom. The molecule has 22 heavy (non-hydrogen) atoms. The minimum atomic E-state index is -3.32. The van der Waals surface area contributed by atoms with E-state index in [0.717, 1.165) is 41.9 Å². The molecule has 1 N–H and O–H groups in total. The number of thioether (sulfide) groups is 1. The summed E-state index contributed by atoms with van der Waals surface area (Å²) in [4.78, 5) is 0.984. The highest BCUT2D eigenvalue weighted by Gasteiger charge is 2.28. The van der Waals surface area contributed by atoms with E-state index in [4.69, 9.17) is 0 Å². The first-order valence-corrected chi connectivity index (χ1v) is 10.6. The lowest BCUT2D eigenvalue weighted by Gasteiger charge is -2.27. The van der Waals surface area contributed by atoms with Gasteiger partial charge in [0.2, 0.25) is 10.0 Å². The Bertz CT molecular complexity index is 627. The molecule has 0 aromatic heterocycles. The largest absolute Gasteiger partial charge is 0.212 e. The summed E-state index contributed by atoms with van der Waals surface area (Å²) in [6, 6.07) is 4.36. The van der Waals surface area contributed by atoms with E-state index in [1.54, 1.807) is 17.8 Å². The average molecular weight is 343 g/mol. The lowest BCUT2D eigenvalue weighted by atomic mass is 9.91. The predicted octanol–water partition coefficient (Wildman–Crippen LogP) is 3.86. The minimum Gasteiger partial charge on any atom is -0.212 e. The van der Waals surface area contributed by atoms with Crippen molar-refractivity contribution >= 4 is 21.8 Å². The van der Waals surface area contributed by atoms with Gasteiger partial charge in [-0.05, 0) is 54.7 Å². The molecule has 1 atom stereocenters. The molecule has 1 saturated carbocycles. The summed E-state index contributed by atoms with van der Waals surface area (Å²) >= 11 is 1.66. The molecule has 1 aromatic carbocycles. The summed E-state index contributed by atoms with van der Waals surface area (Å²) in [5.41, 5.74) is 0.781. The second-order valence-corrected chi connectivity index (χ2v) is 9.21. The molecule has 0 saturated heterocycles. The molecule has 3 nitrogen and oxygen atoms in total. The van der Waals surface area contributed by atoms with Crippen LogP contribution in [0.3, 0.4) is 0 Å². The molecule has 6 heteroatoms. The third kappa shape index (κ3) is 4.03. The number of sulfonamides is 1. The van der Waals surface area contributed by atoms with Gasteiger partial charge in [0, 0.05) is 10.9 Å².